The molecule has 90 valence electrons. The van der Waals surface area contributed by atoms with E-state index in [-0.39, 0.29) is 29.6 Å². The zero-order valence-electron chi connectivity index (χ0n) is 9.87. The summed E-state index contributed by atoms with van der Waals surface area (Å²) in [6, 6.07) is 5.72. The van der Waals surface area contributed by atoms with E-state index in [2.05, 4.69) is 0 Å². The Morgan fingerprint density at radius 3 is 2.82 bits per heavy atom. The number of ketones is 1. The van der Waals surface area contributed by atoms with Crippen LogP contribution in [0.2, 0.25) is 0 Å². The molecule has 0 aliphatic heterocycles. The van der Waals surface area contributed by atoms with Crippen molar-refractivity contribution >= 4 is 5.78 Å². The number of carbonyl (C=O) groups is 1. The smallest absolute Gasteiger partial charge is 0.172 e. The topological polar surface area (TPSA) is 50.1 Å². The molecule has 0 fully saturated rings. The van der Waals surface area contributed by atoms with Crippen molar-refractivity contribution in [3.63, 3.8) is 0 Å². The van der Waals surface area contributed by atoms with Crippen LogP contribution < -0.4 is 4.74 Å². The van der Waals surface area contributed by atoms with E-state index in [0.29, 0.717) is 0 Å². The Hall–Kier alpha value is -1.89. The third-order valence-electron chi connectivity index (χ3n) is 2.59. The Bertz CT molecular complexity index is 451. The highest BCUT2D eigenvalue weighted by Gasteiger charge is 2.12. The first-order chi connectivity index (χ1) is 8.08. The summed E-state index contributed by atoms with van der Waals surface area (Å²) in [5, 5.41) is 8.56. The van der Waals surface area contributed by atoms with Gasteiger partial charge in [-0.1, -0.05) is 13.8 Å². The molecule has 0 radical (unpaired) electrons. The van der Waals surface area contributed by atoms with Gasteiger partial charge in [0.05, 0.1) is 11.6 Å². The molecule has 0 aliphatic rings. The molecule has 0 amide bonds. The molecular formula is C13H14FNO2. The molecule has 0 spiro atoms. The Balaban J connectivity index is 2.65. The summed E-state index contributed by atoms with van der Waals surface area (Å²) in [6.45, 7) is 3.57. The summed E-state index contributed by atoms with van der Waals surface area (Å²) in [6.07, 6.45) is 0.734. The second-order valence-corrected chi connectivity index (χ2v) is 3.82. The maximum atomic E-state index is 13.4. The van der Waals surface area contributed by atoms with Crippen molar-refractivity contribution in [1.82, 2.24) is 0 Å². The van der Waals surface area contributed by atoms with Crippen molar-refractivity contribution in [2.45, 2.75) is 20.3 Å². The molecule has 0 aromatic heterocycles. The van der Waals surface area contributed by atoms with Crippen LogP contribution in [0.3, 0.4) is 0 Å². The van der Waals surface area contributed by atoms with Crippen molar-refractivity contribution in [1.29, 1.82) is 5.26 Å². The van der Waals surface area contributed by atoms with Crippen molar-refractivity contribution < 1.29 is 13.9 Å². The van der Waals surface area contributed by atoms with E-state index in [9.17, 15) is 9.18 Å². The number of hydrogen-bond acceptors (Lipinski definition) is 3. The highest BCUT2D eigenvalue weighted by Crippen LogP contribution is 2.18. The molecule has 17 heavy (non-hydrogen) atoms. The van der Waals surface area contributed by atoms with E-state index < -0.39 is 5.82 Å². The molecule has 1 rings (SSSR count). The van der Waals surface area contributed by atoms with Gasteiger partial charge in [-0.25, -0.2) is 4.39 Å². The average Bonchev–Trinajstić information content (AvgIpc) is 2.35. The summed E-state index contributed by atoms with van der Waals surface area (Å²) < 4.78 is 18.5. The van der Waals surface area contributed by atoms with Crippen LogP contribution in [0.1, 0.15) is 25.8 Å². The van der Waals surface area contributed by atoms with Crippen LogP contribution in [-0.4, -0.2) is 12.4 Å². The Morgan fingerprint density at radius 2 is 2.29 bits per heavy atom. The van der Waals surface area contributed by atoms with Crippen molar-refractivity contribution in [2.75, 3.05) is 6.61 Å². The predicted molar refractivity (Wildman–Crippen MR) is 61.1 cm³/mol. The Morgan fingerprint density at radius 1 is 1.59 bits per heavy atom. The lowest BCUT2D eigenvalue weighted by molar-refractivity contribution is -0.124. The van der Waals surface area contributed by atoms with Gasteiger partial charge in [-0.05, 0) is 24.6 Å². The van der Waals surface area contributed by atoms with E-state index in [1.54, 1.807) is 6.92 Å². The highest BCUT2D eigenvalue weighted by molar-refractivity contribution is 5.82. The molecular weight excluding hydrogens is 221 g/mol. The van der Waals surface area contributed by atoms with E-state index in [1.165, 1.54) is 12.1 Å². The van der Waals surface area contributed by atoms with E-state index >= 15 is 0 Å². The van der Waals surface area contributed by atoms with Gasteiger partial charge in [-0.3, -0.25) is 4.79 Å². The van der Waals surface area contributed by atoms with Crippen LogP contribution in [0, 0.1) is 23.1 Å². The van der Waals surface area contributed by atoms with E-state index in [1.807, 2.05) is 13.0 Å². The van der Waals surface area contributed by atoms with E-state index in [4.69, 9.17) is 10.00 Å². The fourth-order valence-electron chi connectivity index (χ4n) is 1.21. The van der Waals surface area contributed by atoms with Gasteiger partial charge in [0.2, 0.25) is 0 Å². The van der Waals surface area contributed by atoms with Crippen molar-refractivity contribution in [3.8, 4) is 11.8 Å². The second-order valence-electron chi connectivity index (χ2n) is 3.82. The fraction of sp³-hybridized carbons (Fsp3) is 0.385. The number of halogens is 1. The van der Waals surface area contributed by atoms with Crippen LogP contribution in [0.25, 0.3) is 0 Å². The molecule has 0 N–H and O–H groups in total. The number of nitriles is 1. The monoisotopic (exact) mass is 235 g/mol. The van der Waals surface area contributed by atoms with Gasteiger partial charge in [0.25, 0.3) is 0 Å². The molecule has 3 nitrogen and oxygen atoms in total. The van der Waals surface area contributed by atoms with Crippen LogP contribution in [0.15, 0.2) is 18.2 Å². The Kier molecular flexibility index (Phi) is 4.65. The SMILES string of the molecule is CCC(C)C(=O)COc1ccc(C#N)cc1F. The van der Waals surface area contributed by atoms with Gasteiger partial charge in [0, 0.05) is 5.92 Å². The number of Topliss-reactive ketones (excluding diaryl/α,β-unsaturated/α-hetero) is 1. The number of hydrogen-bond donors (Lipinski definition) is 0. The summed E-state index contributed by atoms with van der Waals surface area (Å²) in [5.41, 5.74) is 0.225. The molecule has 4 heteroatoms. The minimum atomic E-state index is -0.624. The third kappa shape index (κ3) is 3.56. The first-order valence-corrected chi connectivity index (χ1v) is 5.43. The lowest BCUT2D eigenvalue weighted by atomic mass is 10.0. The maximum Gasteiger partial charge on any atom is 0.172 e. The average molecular weight is 235 g/mol. The summed E-state index contributed by atoms with van der Waals surface area (Å²) in [5.74, 6) is -0.769. The third-order valence-corrected chi connectivity index (χ3v) is 2.59. The number of benzene rings is 1. The molecule has 1 unspecified atom stereocenters. The largest absolute Gasteiger partial charge is 0.483 e. The lowest BCUT2D eigenvalue weighted by Crippen LogP contribution is -2.18. The summed E-state index contributed by atoms with van der Waals surface area (Å²) in [4.78, 5) is 11.5. The normalized spacial score (nSPS) is 11.6. The second kappa shape index (κ2) is 6.00. The van der Waals surface area contributed by atoms with Crippen LogP contribution in [0.4, 0.5) is 4.39 Å². The summed E-state index contributed by atoms with van der Waals surface area (Å²) >= 11 is 0. The van der Waals surface area contributed by atoms with Crippen LogP contribution in [-0.2, 0) is 4.79 Å². The lowest BCUT2D eigenvalue weighted by Gasteiger charge is -2.09. The van der Waals surface area contributed by atoms with Gasteiger partial charge in [0.15, 0.2) is 17.3 Å². The number of nitrogens with zero attached hydrogens (tertiary/aromatic N) is 1. The zero-order valence-corrected chi connectivity index (χ0v) is 9.87. The Labute approximate surface area is 99.8 Å². The quantitative estimate of drug-likeness (QED) is 0.788. The molecule has 1 aromatic rings. The molecule has 0 saturated heterocycles. The van der Waals surface area contributed by atoms with Crippen LogP contribution >= 0.6 is 0 Å². The summed E-state index contributed by atoms with van der Waals surface area (Å²) in [7, 11) is 0. The van der Waals surface area contributed by atoms with Gasteiger partial charge >= 0.3 is 0 Å². The molecule has 0 heterocycles. The van der Waals surface area contributed by atoms with Crippen LogP contribution in [0.5, 0.6) is 5.75 Å². The standard InChI is InChI=1S/C13H14FNO2/c1-3-9(2)12(16)8-17-13-5-4-10(7-15)6-11(13)14/h4-6,9H,3,8H2,1-2H3. The number of ether oxygens (including phenoxy) is 1. The van der Waals surface area contributed by atoms with Gasteiger partial charge in [0.1, 0.15) is 6.61 Å². The molecule has 0 aliphatic carbocycles. The van der Waals surface area contributed by atoms with Gasteiger partial charge in [-0.2, -0.15) is 5.26 Å². The molecule has 0 saturated carbocycles. The highest BCUT2D eigenvalue weighted by atomic mass is 19.1. The van der Waals surface area contributed by atoms with Gasteiger partial charge < -0.3 is 4.74 Å². The first-order valence-electron chi connectivity index (χ1n) is 5.43. The minimum absolute atomic E-state index is 0.000605. The molecule has 1 atom stereocenters. The molecule has 0 bridgehead atoms. The van der Waals surface area contributed by atoms with Crippen molar-refractivity contribution in [2.24, 2.45) is 5.92 Å². The van der Waals surface area contributed by atoms with Gasteiger partial charge in [-0.15, -0.1) is 0 Å². The molecule has 1 aromatic carbocycles. The number of rotatable bonds is 5. The maximum absolute atomic E-state index is 13.4. The number of carbonyl (C=O) groups excluding carboxylic acids is 1. The van der Waals surface area contributed by atoms with E-state index in [0.717, 1.165) is 12.5 Å². The first kappa shape index (κ1) is 13.2. The minimum Gasteiger partial charge on any atom is -0.483 e. The van der Waals surface area contributed by atoms with Crippen molar-refractivity contribution in [3.05, 3.63) is 29.6 Å². The fourth-order valence-corrected chi connectivity index (χ4v) is 1.21. The zero-order chi connectivity index (χ0) is 12.8. The predicted octanol–water partition coefficient (Wildman–Crippen LogP) is 2.69.